The summed E-state index contributed by atoms with van der Waals surface area (Å²) >= 11 is 0. The first-order valence-electron chi connectivity index (χ1n) is 3.82. The zero-order chi connectivity index (χ0) is 10.0. The molecule has 0 bridgehead atoms. The van der Waals surface area contributed by atoms with Gasteiger partial charge in [0.2, 0.25) is 0 Å². The fourth-order valence-electron chi connectivity index (χ4n) is 1.04. The number of hydrogen-bond donors (Lipinski definition) is 2. The smallest absolute Gasteiger partial charge is 0.159 e. The SMILES string of the molecule is CC(=O)c1ccc(C)c(N(O)O)c1. The fraction of sp³-hybridized carbons (Fsp3) is 0.222. The number of benzene rings is 1. The summed E-state index contributed by atoms with van der Waals surface area (Å²) in [5, 5.41) is 17.6. The molecule has 0 unspecified atom stereocenters. The van der Waals surface area contributed by atoms with Crippen LogP contribution in [0, 0.1) is 6.92 Å². The molecule has 1 aromatic carbocycles. The average Bonchev–Trinajstić information content (AvgIpc) is 2.04. The van der Waals surface area contributed by atoms with Crippen LogP contribution >= 0.6 is 0 Å². The number of aryl methyl sites for hydroxylation is 1. The maximum Gasteiger partial charge on any atom is 0.159 e. The van der Waals surface area contributed by atoms with E-state index in [2.05, 4.69) is 0 Å². The van der Waals surface area contributed by atoms with E-state index < -0.39 is 0 Å². The van der Waals surface area contributed by atoms with E-state index in [4.69, 9.17) is 10.4 Å². The van der Waals surface area contributed by atoms with Gasteiger partial charge in [0.15, 0.2) is 5.78 Å². The van der Waals surface area contributed by atoms with Gasteiger partial charge in [0, 0.05) is 5.56 Å². The van der Waals surface area contributed by atoms with Gasteiger partial charge >= 0.3 is 0 Å². The van der Waals surface area contributed by atoms with Crippen LogP contribution in [0.3, 0.4) is 0 Å². The van der Waals surface area contributed by atoms with Crippen molar-refractivity contribution >= 4 is 11.5 Å². The van der Waals surface area contributed by atoms with Crippen LogP contribution < -0.4 is 5.23 Å². The summed E-state index contributed by atoms with van der Waals surface area (Å²) in [6.45, 7) is 3.15. The molecule has 2 N–H and O–H groups in total. The van der Waals surface area contributed by atoms with Gasteiger partial charge in [0.25, 0.3) is 0 Å². The molecule has 13 heavy (non-hydrogen) atoms. The Kier molecular flexibility index (Phi) is 2.65. The van der Waals surface area contributed by atoms with Crippen molar-refractivity contribution in [3.63, 3.8) is 0 Å². The molecule has 0 aliphatic heterocycles. The van der Waals surface area contributed by atoms with Crippen LogP contribution in [0.15, 0.2) is 18.2 Å². The van der Waals surface area contributed by atoms with Gasteiger partial charge in [-0.3, -0.25) is 15.2 Å². The molecule has 0 aliphatic rings. The minimum Gasteiger partial charge on any atom is -0.295 e. The molecule has 0 saturated carbocycles. The summed E-state index contributed by atoms with van der Waals surface area (Å²) < 4.78 is 0. The molecule has 0 heterocycles. The van der Waals surface area contributed by atoms with E-state index in [1.54, 1.807) is 19.1 Å². The molecule has 0 aromatic heterocycles. The van der Waals surface area contributed by atoms with E-state index in [0.29, 0.717) is 11.1 Å². The molecule has 0 aliphatic carbocycles. The van der Waals surface area contributed by atoms with Gasteiger partial charge in [-0.05, 0) is 25.5 Å². The molecular weight excluding hydrogens is 170 g/mol. The number of hydrogen-bond acceptors (Lipinski definition) is 4. The zero-order valence-corrected chi connectivity index (χ0v) is 7.48. The van der Waals surface area contributed by atoms with Gasteiger partial charge in [-0.15, -0.1) is 5.23 Å². The Labute approximate surface area is 75.9 Å². The van der Waals surface area contributed by atoms with Gasteiger partial charge in [0.05, 0.1) is 5.69 Å². The number of carbonyl (C=O) groups is 1. The quantitative estimate of drug-likeness (QED) is 0.539. The zero-order valence-electron chi connectivity index (χ0n) is 7.48. The summed E-state index contributed by atoms with van der Waals surface area (Å²) in [6, 6.07) is 4.73. The number of nitrogens with zero attached hydrogens (tertiary/aromatic N) is 1. The number of Topliss-reactive ketones (excluding diaryl/α,β-unsaturated/α-hetero) is 1. The standard InChI is InChI=1S/C9H11NO3/c1-6-3-4-8(7(2)11)5-9(6)10(12)13/h3-5,12-13H,1-2H3. The van der Waals surface area contributed by atoms with Gasteiger partial charge in [0.1, 0.15) is 0 Å². The van der Waals surface area contributed by atoms with E-state index in [1.807, 2.05) is 0 Å². The number of anilines is 1. The topological polar surface area (TPSA) is 60.8 Å². The number of carbonyl (C=O) groups excluding carboxylic acids is 1. The first kappa shape index (κ1) is 9.70. The van der Waals surface area contributed by atoms with Crippen molar-refractivity contribution in [1.29, 1.82) is 0 Å². The van der Waals surface area contributed by atoms with Crippen molar-refractivity contribution in [3.8, 4) is 0 Å². The van der Waals surface area contributed by atoms with Gasteiger partial charge in [-0.1, -0.05) is 12.1 Å². The largest absolute Gasteiger partial charge is 0.295 e. The highest BCUT2D eigenvalue weighted by Gasteiger charge is 2.07. The monoisotopic (exact) mass is 181 g/mol. The van der Waals surface area contributed by atoms with E-state index in [1.165, 1.54) is 13.0 Å². The van der Waals surface area contributed by atoms with Crippen molar-refractivity contribution in [3.05, 3.63) is 29.3 Å². The van der Waals surface area contributed by atoms with Gasteiger partial charge in [-0.2, -0.15) is 0 Å². The van der Waals surface area contributed by atoms with Crippen LogP contribution in [0.5, 0.6) is 0 Å². The third-order valence-corrected chi connectivity index (χ3v) is 1.83. The second kappa shape index (κ2) is 3.55. The molecule has 1 rings (SSSR count). The molecule has 0 radical (unpaired) electrons. The Morgan fingerprint density at radius 2 is 2.00 bits per heavy atom. The number of ketones is 1. The summed E-state index contributed by atoms with van der Waals surface area (Å²) in [6.07, 6.45) is 0. The number of rotatable bonds is 2. The van der Waals surface area contributed by atoms with Crippen LogP contribution in [0.4, 0.5) is 5.69 Å². The lowest BCUT2D eigenvalue weighted by atomic mass is 10.1. The molecular formula is C9H11NO3. The normalized spacial score (nSPS) is 9.85. The Hall–Kier alpha value is -1.39. The fourth-order valence-corrected chi connectivity index (χ4v) is 1.04. The Bertz CT molecular complexity index is 334. The van der Waals surface area contributed by atoms with Crippen LogP contribution in [0.1, 0.15) is 22.8 Å². The van der Waals surface area contributed by atoms with Crippen molar-refractivity contribution < 1.29 is 15.2 Å². The highest BCUT2D eigenvalue weighted by molar-refractivity contribution is 5.95. The minimum atomic E-state index is -0.108. The maximum absolute atomic E-state index is 10.9. The Morgan fingerprint density at radius 3 is 2.46 bits per heavy atom. The highest BCUT2D eigenvalue weighted by Crippen LogP contribution is 2.19. The minimum absolute atomic E-state index is 0.0156. The Balaban J connectivity index is 3.19. The summed E-state index contributed by atoms with van der Waals surface area (Å²) in [7, 11) is 0. The van der Waals surface area contributed by atoms with Gasteiger partial charge < -0.3 is 0 Å². The third-order valence-electron chi connectivity index (χ3n) is 1.83. The van der Waals surface area contributed by atoms with E-state index in [-0.39, 0.29) is 16.7 Å². The lowest BCUT2D eigenvalue weighted by molar-refractivity contribution is 0.0288. The van der Waals surface area contributed by atoms with Gasteiger partial charge in [-0.25, -0.2) is 0 Å². The van der Waals surface area contributed by atoms with Crippen molar-refractivity contribution in [1.82, 2.24) is 0 Å². The van der Waals surface area contributed by atoms with Crippen LogP contribution in [0.2, 0.25) is 0 Å². The second-order valence-electron chi connectivity index (χ2n) is 2.85. The average molecular weight is 181 g/mol. The molecule has 0 saturated heterocycles. The lowest BCUT2D eigenvalue weighted by Gasteiger charge is -2.11. The van der Waals surface area contributed by atoms with Crippen LogP contribution in [-0.4, -0.2) is 16.2 Å². The first-order chi connectivity index (χ1) is 6.02. The van der Waals surface area contributed by atoms with Crippen LogP contribution in [-0.2, 0) is 0 Å². The van der Waals surface area contributed by atoms with Crippen molar-refractivity contribution in [2.24, 2.45) is 0 Å². The van der Waals surface area contributed by atoms with Crippen molar-refractivity contribution in [2.45, 2.75) is 13.8 Å². The molecule has 0 amide bonds. The first-order valence-corrected chi connectivity index (χ1v) is 3.82. The highest BCUT2D eigenvalue weighted by atomic mass is 16.8. The Morgan fingerprint density at radius 1 is 1.38 bits per heavy atom. The van der Waals surface area contributed by atoms with E-state index in [0.717, 1.165) is 0 Å². The van der Waals surface area contributed by atoms with Crippen molar-refractivity contribution in [2.75, 3.05) is 5.23 Å². The summed E-state index contributed by atoms with van der Waals surface area (Å²) in [5.41, 5.74) is 1.36. The molecule has 4 heteroatoms. The third kappa shape index (κ3) is 2.05. The maximum atomic E-state index is 10.9. The lowest BCUT2D eigenvalue weighted by Crippen LogP contribution is -2.13. The molecule has 4 nitrogen and oxygen atoms in total. The summed E-state index contributed by atoms with van der Waals surface area (Å²) in [4.78, 5) is 10.9. The van der Waals surface area contributed by atoms with E-state index in [9.17, 15) is 4.79 Å². The second-order valence-corrected chi connectivity index (χ2v) is 2.85. The summed E-state index contributed by atoms with van der Waals surface area (Å²) in [5.74, 6) is -0.108. The predicted molar refractivity (Wildman–Crippen MR) is 47.2 cm³/mol. The predicted octanol–water partition coefficient (Wildman–Crippen LogP) is 1.78. The molecule has 1 aromatic rings. The van der Waals surface area contributed by atoms with E-state index >= 15 is 0 Å². The molecule has 0 atom stereocenters. The molecule has 0 spiro atoms. The van der Waals surface area contributed by atoms with Crippen LogP contribution in [0.25, 0.3) is 0 Å². The molecule has 0 fully saturated rings. The molecule has 70 valence electrons.